The second kappa shape index (κ2) is 19.4. The van der Waals surface area contributed by atoms with Crippen molar-refractivity contribution in [2.75, 3.05) is 13.2 Å². The molecule has 1 saturated heterocycles. The van der Waals surface area contributed by atoms with E-state index in [4.69, 9.17) is 13.6 Å². The predicted molar refractivity (Wildman–Crippen MR) is 188 cm³/mol. The van der Waals surface area contributed by atoms with E-state index in [0.717, 1.165) is 35.8 Å². The van der Waals surface area contributed by atoms with Crippen molar-refractivity contribution in [3.05, 3.63) is 57.1 Å². The Morgan fingerprint density at radius 1 is 0.707 bits per heavy atom. The van der Waals surface area contributed by atoms with Crippen LogP contribution in [0.2, 0.25) is 36.3 Å². The molecule has 0 amide bonds. The molecule has 0 saturated carbocycles. The van der Waals surface area contributed by atoms with E-state index in [-0.39, 0.29) is 76.0 Å². The zero-order valence-electron chi connectivity index (χ0n) is 30.5. The number of hydrogen-bond donors (Lipinski definition) is 0. The van der Waals surface area contributed by atoms with Crippen LogP contribution in [-0.2, 0) is 4.74 Å². The number of benzene rings is 2. The number of hydrogen-bond acceptors (Lipinski definition) is 3. The summed E-state index contributed by atoms with van der Waals surface area (Å²) in [5.74, 6) is 2.01. The van der Waals surface area contributed by atoms with Crippen LogP contribution in [-0.4, -0.2) is 76.0 Å². The molecule has 0 unspecified atom stereocenters. The molecule has 1 heterocycles. The zero-order valence-corrected chi connectivity index (χ0v) is 36.5. The van der Waals surface area contributed by atoms with Crippen LogP contribution in [0.5, 0.6) is 11.5 Å². The molecule has 0 atom stereocenters. The molecule has 3 nitrogen and oxygen atoms in total. The largest absolute Gasteiger partial charge is 2.00 e. The molecule has 0 aliphatic carbocycles. The molecule has 2 aromatic rings. The summed E-state index contributed by atoms with van der Waals surface area (Å²) in [6.07, 6.45) is 2.56. The van der Waals surface area contributed by atoms with Gasteiger partial charge in [0.15, 0.2) is 0 Å². The third-order valence-corrected chi connectivity index (χ3v) is 17.7. The van der Waals surface area contributed by atoms with E-state index in [2.05, 4.69) is 142 Å². The molecule has 41 heavy (non-hydrogen) atoms. The van der Waals surface area contributed by atoms with Crippen LogP contribution in [0, 0.1) is 33.8 Å². The van der Waals surface area contributed by atoms with E-state index < -0.39 is 16.6 Å². The molecule has 1 fully saturated rings. The molecular weight excluding hydrogens is 697 g/mol. The Kier molecular flexibility index (Phi) is 22.0. The SMILES string of the molecule is C1CCOC1.Cc1[c-]c(C)cc(O[Si](C)(C)C(C)(C)C)c1.Cc1cc(O[Si](C)(C)C(C)(C)C)cc(C)c1Br.[Br-].[H-].[H-].[Mg+2].[Mg+2]. The third-order valence-electron chi connectivity index (χ3n) is 7.71. The van der Waals surface area contributed by atoms with Crippen LogP contribution in [0.15, 0.2) is 28.7 Å². The van der Waals surface area contributed by atoms with Gasteiger partial charge in [0.1, 0.15) is 5.75 Å². The Morgan fingerprint density at radius 2 is 1.02 bits per heavy atom. The molecule has 0 N–H and O–H groups in total. The Morgan fingerprint density at radius 3 is 1.29 bits per heavy atom. The van der Waals surface area contributed by atoms with Crippen molar-refractivity contribution in [2.24, 2.45) is 0 Å². The van der Waals surface area contributed by atoms with Gasteiger partial charge in [-0.05, 0) is 92.0 Å². The monoisotopic (exact) mass is 750 g/mol. The van der Waals surface area contributed by atoms with E-state index in [1.807, 2.05) is 0 Å². The summed E-state index contributed by atoms with van der Waals surface area (Å²) >= 11 is 3.59. The summed E-state index contributed by atoms with van der Waals surface area (Å²) in [5, 5.41) is 0.482. The van der Waals surface area contributed by atoms with Gasteiger partial charge in [-0.25, -0.2) is 0 Å². The van der Waals surface area contributed by atoms with Crippen LogP contribution >= 0.6 is 15.9 Å². The first-order chi connectivity index (χ1) is 17.2. The maximum absolute atomic E-state index is 6.30. The van der Waals surface area contributed by atoms with Gasteiger partial charge in [0.25, 0.3) is 0 Å². The Hall–Kier alpha value is 0.926. The number of rotatable bonds is 4. The minimum Gasteiger partial charge on any atom is -1.00 e. The summed E-state index contributed by atoms with van der Waals surface area (Å²) in [6.45, 7) is 33.0. The summed E-state index contributed by atoms with van der Waals surface area (Å²) < 4.78 is 18.7. The van der Waals surface area contributed by atoms with E-state index in [1.54, 1.807) is 0 Å². The van der Waals surface area contributed by atoms with E-state index in [1.165, 1.54) is 28.4 Å². The first kappa shape index (κ1) is 46.3. The average molecular weight is 753 g/mol. The molecule has 0 radical (unpaired) electrons. The topological polar surface area (TPSA) is 27.7 Å². The summed E-state index contributed by atoms with van der Waals surface area (Å²) in [5.41, 5.74) is 4.76. The first-order valence-electron chi connectivity index (χ1n) is 13.9. The van der Waals surface area contributed by atoms with E-state index in [9.17, 15) is 0 Å². The standard InChI is InChI=1S/C14H23BrOSi.C14H23OSi.C4H8O.BrH.2Mg.2H/c1-10-8-12(9-11(2)13(10)15)16-17(6,7)14(3,4)5;1-11-8-12(2)10-13(9-11)15-16(6,7)14(3,4)5;1-2-4-5-3-1;;;;;/h8-9H,1-7H3;9-10H,1-7H3;1-4H2;1H;;;;/q;-1;;;2*+2;2*-1/p-1. The Bertz CT molecular complexity index is 1010. The molecule has 1 aliphatic rings. The smallest absolute Gasteiger partial charge is 1.00 e. The second-order valence-electron chi connectivity index (χ2n) is 13.6. The molecule has 0 spiro atoms. The summed E-state index contributed by atoms with van der Waals surface area (Å²) in [6, 6.07) is 11.7. The third kappa shape index (κ3) is 16.2. The minimum atomic E-state index is -1.72. The van der Waals surface area contributed by atoms with Crippen molar-refractivity contribution in [3.8, 4) is 11.5 Å². The molecule has 0 aromatic heterocycles. The van der Waals surface area contributed by atoms with Gasteiger partial charge >= 0.3 is 46.1 Å². The normalized spacial score (nSPS) is 13.1. The van der Waals surface area contributed by atoms with Crippen LogP contribution in [0.25, 0.3) is 0 Å². The maximum atomic E-state index is 6.30. The fourth-order valence-corrected chi connectivity index (χ4v) is 5.54. The van der Waals surface area contributed by atoms with E-state index >= 15 is 0 Å². The predicted octanol–water partition coefficient (Wildman–Crippen LogP) is 7.20. The fraction of sp³-hybridized carbons (Fsp3) is 0.625. The quantitative estimate of drug-likeness (QED) is 0.245. The van der Waals surface area contributed by atoms with E-state index in [0.29, 0.717) is 0 Å². The van der Waals surface area contributed by atoms with Crippen LogP contribution in [0.1, 0.15) is 79.5 Å². The van der Waals surface area contributed by atoms with Crippen LogP contribution in [0.4, 0.5) is 0 Å². The van der Waals surface area contributed by atoms with Gasteiger partial charge < -0.3 is 33.4 Å². The van der Waals surface area contributed by atoms with Crippen molar-refractivity contribution < 1.29 is 33.4 Å². The number of aryl methyl sites for hydroxylation is 4. The molecule has 0 bridgehead atoms. The van der Waals surface area contributed by atoms with Crippen molar-refractivity contribution >= 4 is 78.7 Å². The van der Waals surface area contributed by atoms with Crippen molar-refractivity contribution in [1.29, 1.82) is 0 Å². The van der Waals surface area contributed by atoms with Crippen LogP contribution < -0.4 is 25.8 Å². The van der Waals surface area contributed by atoms with Gasteiger partial charge in [0, 0.05) is 17.7 Å². The summed E-state index contributed by atoms with van der Waals surface area (Å²) in [4.78, 5) is 0. The number of ether oxygens (including phenoxy) is 1. The summed E-state index contributed by atoms with van der Waals surface area (Å²) in [7, 11) is -3.43. The fourth-order valence-electron chi connectivity index (χ4n) is 3.28. The molecule has 9 heteroatoms. The molecule has 1 aliphatic heterocycles. The van der Waals surface area contributed by atoms with Crippen molar-refractivity contribution in [2.45, 2.75) is 118 Å². The average Bonchev–Trinajstić information content (AvgIpc) is 3.29. The van der Waals surface area contributed by atoms with Gasteiger partial charge in [0.05, 0.1) is 0 Å². The zero-order chi connectivity index (χ0) is 29.5. The van der Waals surface area contributed by atoms with Gasteiger partial charge in [-0.3, -0.25) is 0 Å². The minimum absolute atomic E-state index is 0. The van der Waals surface area contributed by atoms with Gasteiger partial charge in [-0.15, -0.1) is 12.1 Å². The van der Waals surface area contributed by atoms with Gasteiger partial charge in [0.2, 0.25) is 16.6 Å². The molecular formula is C32H56Br2Mg2O3Si2. The maximum Gasteiger partial charge on any atom is 2.00 e. The van der Waals surface area contributed by atoms with Crippen molar-refractivity contribution in [1.82, 2.24) is 0 Å². The van der Waals surface area contributed by atoms with Crippen molar-refractivity contribution in [3.63, 3.8) is 0 Å². The molecule has 228 valence electrons. The number of halogens is 2. The second-order valence-corrected chi connectivity index (χ2v) is 23.8. The Labute approximate surface area is 309 Å². The van der Waals surface area contributed by atoms with Gasteiger partial charge in [-0.1, -0.05) is 71.3 Å². The molecule has 2 aromatic carbocycles. The van der Waals surface area contributed by atoms with Crippen LogP contribution in [0.3, 0.4) is 0 Å². The molecule has 3 rings (SSSR count). The first-order valence-corrected chi connectivity index (χ1v) is 20.5. The van der Waals surface area contributed by atoms with Gasteiger partial charge in [-0.2, -0.15) is 17.2 Å². The Balaban J connectivity index is -0.000000175.